The molecule has 0 fully saturated rings. The van der Waals surface area contributed by atoms with Crippen LogP contribution in [0.3, 0.4) is 0 Å². The molecule has 0 saturated heterocycles. The number of benzene rings is 4. The molecular weight excluding hydrogens is 503 g/mol. The third kappa shape index (κ3) is 4.52. The molecule has 0 spiro atoms. The molecule has 0 unspecified atom stereocenters. The molecule has 5 aromatic rings. The van der Waals surface area contributed by atoms with Crippen LogP contribution in [0.15, 0.2) is 83.8 Å². The van der Waals surface area contributed by atoms with Crippen molar-refractivity contribution in [3.05, 3.63) is 111 Å². The zero-order chi connectivity index (χ0) is 24.7. The summed E-state index contributed by atoms with van der Waals surface area (Å²) < 4.78 is 28.4. The van der Waals surface area contributed by atoms with E-state index in [9.17, 15) is 13.2 Å². The van der Waals surface area contributed by atoms with E-state index in [1.54, 1.807) is 48.5 Å². The number of nitrogens with one attached hydrogen (secondary N) is 2. The van der Waals surface area contributed by atoms with Crippen LogP contribution < -0.4 is 4.72 Å². The van der Waals surface area contributed by atoms with E-state index in [4.69, 9.17) is 23.2 Å². The van der Waals surface area contributed by atoms with Crippen LogP contribution in [0.2, 0.25) is 10.0 Å². The molecule has 1 aromatic heterocycles. The highest BCUT2D eigenvalue weighted by molar-refractivity contribution is 7.90. The fourth-order valence-corrected chi connectivity index (χ4v) is 5.95. The largest absolute Gasteiger partial charge is 0.358 e. The number of carbonyl (C=O) groups excluding carboxylic acids is 1. The van der Waals surface area contributed by atoms with E-state index in [0.29, 0.717) is 21.9 Å². The van der Waals surface area contributed by atoms with Crippen molar-refractivity contribution in [1.29, 1.82) is 0 Å². The second-order valence-corrected chi connectivity index (χ2v) is 10.8. The minimum absolute atomic E-state index is 0.0561. The van der Waals surface area contributed by atoms with Crippen molar-refractivity contribution in [1.82, 2.24) is 9.71 Å². The van der Waals surface area contributed by atoms with Crippen molar-refractivity contribution in [3.8, 4) is 0 Å². The summed E-state index contributed by atoms with van der Waals surface area (Å²) in [6.45, 7) is 1.95. The van der Waals surface area contributed by atoms with Gasteiger partial charge in [0.05, 0.1) is 4.90 Å². The van der Waals surface area contributed by atoms with E-state index in [0.717, 1.165) is 33.1 Å². The molecule has 35 heavy (non-hydrogen) atoms. The maximum Gasteiger partial charge on any atom is 0.265 e. The number of sulfonamides is 1. The Labute approximate surface area is 212 Å². The maximum absolute atomic E-state index is 13.1. The fourth-order valence-electron chi connectivity index (χ4n) is 4.27. The highest BCUT2D eigenvalue weighted by atomic mass is 35.5. The smallest absolute Gasteiger partial charge is 0.265 e. The molecule has 5 nitrogen and oxygen atoms in total. The SMILES string of the molecule is Cc1[nH]c2ccc(C(=O)NS(=O)(=O)c3cccc4ccccc34)cc2c1Cc1ccc(Cl)cc1Cl. The molecule has 0 aliphatic carbocycles. The molecule has 0 aliphatic heterocycles. The highest BCUT2D eigenvalue weighted by Gasteiger charge is 2.22. The molecule has 0 aliphatic rings. The lowest BCUT2D eigenvalue weighted by atomic mass is 10.0. The van der Waals surface area contributed by atoms with E-state index < -0.39 is 15.9 Å². The Balaban J connectivity index is 1.49. The molecule has 0 radical (unpaired) electrons. The van der Waals surface area contributed by atoms with Crippen LogP contribution in [0.25, 0.3) is 21.7 Å². The lowest BCUT2D eigenvalue weighted by Crippen LogP contribution is -2.30. The Morgan fingerprint density at radius 3 is 2.49 bits per heavy atom. The van der Waals surface area contributed by atoms with Gasteiger partial charge in [0, 0.05) is 44.0 Å². The number of aryl methyl sites for hydroxylation is 1. The number of halogens is 2. The highest BCUT2D eigenvalue weighted by Crippen LogP contribution is 2.30. The molecule has 0 saturated carbocycles. The maximum atomic E-state index is 13.1. The summed E-state index contributed by atoms with van der Waals surface area (Å²) in [6.07, 6.45) is 0.529. The number of hydrogen-bond acceptors (Lipinski definition) is 3. The molecule has 0 bridgehead atoms. The van der Waals surface area contributed by atoms with Gasteiger partial charge in [-0.2, -0.15) is 0 Å². The molecule has 1 amide bonds. The lowest BCUT2D eigenvalue weighted by Gasteiger charge is -2.10. The molecule has 1 heterocycles. The molecule has 0 atom stereocenters. The van der Waals surface area contributed by atoms with Crippen molar-refractivity contribution in [2.45, 2.75) is 18.2 Å². The van der Waals surface area contributed by atoms with Gasteiger partial charge in [-0.15, -0.1) is 0 Å². The molecule has 5 rings (SSSR count). The Morgan fingerprint density at radius 1 is 0.914 bits per heavy atom. The normalized spacial score (nSPS) is 11.7. The van der Waals surface area contributed by atoms with E-state index in [1.807, 2.05) is 31.2 Å². The first-order valence-corrected chi connectivity index (χ1v) is 13.1. The van der Waals surface area contributed by atoms with Crippen molar-refractivity contribution < 1.29 is 13.2 Å². The van der Waals surface area contributed by atoms with Crippen LogP contribution in [0.5, 0.6) is 0 Å². The van der Waals surface area contributed by atoms with Crippen molar-refractivity contribution in [2.75, 3.05) is 0 Å². The second-order valence-electron chi connectivity index (χ2n) is 8.31. The summed E-state index contributed by atoms with van der Waals surface area (Å²) in [5.74, 6) is -0.700. The van der Waals surface area contributed by atoms with E-state index in [2.05, 4.69) is 9.71 Å². The van der Waals surface area contributed by atoms with Gasteiger partial charge in [-0.05, 0) is 59.8 Å². The van der Waals surface area contributed by atoms with Crippen LogP contribution >= 0.6 is 23.2 Å². The Bertz CT molecular complexity index is 1720. The van der Waals surface area contributed by atoms with Gasteiger partial charge in [0.2, 0.25) is 0 Å². The lowest BCUT2D eigenvalue weighted by molar-refractivity contribution is 0.0981. The average Bonchev–Trinajstić information content (AvgIpc) is 3.14. The predicted molar refractivity (Wildman–Crippen MR) is 141 cm³/mol. The summed E-state index contributed by atoms with van der Waals surface area (Å²) in [4.78, 5) is 16.4. The van der Waals surface area contributed by atoms with Crippen LogP contribution in [0, 0.1) is 6.92 Å². The number of amides is 1. The molecule has 4 aromatic carbocycles. The Hall–Kier alpha value is -3.32. The molecular formula is C27H20Cl2N2O3S. The predicted octanol–water partition coefficient (Wildman–Crippen LogP) is 6.65. The van der Waals surface area contributed by atoms with Gasteiger partial charge in [-0.3, -0.25) is 4.79 Å². The van der Waals surface area contributed by atoms with Gasteiger partial charge in [0.15, 0.2) is 0 Å². The number of H-pyrrole nitrogens is 1. The Kier molecular flexibility index (Phi) is 6.05. The minimum Gasteiger partial charge on any atom is -0.358 e. The fraction of sp³-hybridized carbons (Fsp3) is 0.0741. The number of carbonyl (C=O) groups is 1. The number of fused-ring (bicyclic) bond motifs is 2. The number of aromatic nitrogens is 1. The van der Waals surface area contributed by atoms with Crippen LogP contribution in [-0.2, 0) is 16.4 Å². The molecule has 8 heteroatoms. The standard InChI is InChI=1S/C27H20Cl2N2O3S/c1-16-22(13-18-9-11-20(28)15-24(18)29)23-14-19(10-12-25(23)30-16)27(32)31-35(33,34)26-8-4-6-17-5-2-3-7-21(17)26/h2-12,14-15,30H,13H2,1H3,(H,31,32). The Morgan fingerprint density at radius 2 is 1.69 bits per heavy atom. The molecule has 176 valence electrons. The zero-order valence-electron chi connectivity index (χ0n) is 18.6. The van der Waals surface area contributed by atoms with Gasteiger partial charge in [-0.25, -0.2) is 13.1 Å². The van der Waals surface area contributed by atoms with Crippen LogP contribution in [-0.4, -0.2) is 19.3 Å². The van der Waals surface area contributed by atoms with Gasteiger partial charge < -0.3 is 4.98 Å². The van der Waals surface area contributed by atoms with Gasteiger partial charge in [0.25, 0.3) is 15.9 Å². The third-order valence-corrected chi connectivity index (χ3v) is 8.01. The van der Waals surface area contributed by atoms with Crippen molar-refractivity contribution in [2.24, 2.45) is 0 Å². The average molecular weight is 523 g/mol. The first-order chi connectivity index (χ1) is 16.7. The van der Waals surface area contributed by atoms with E-state index >= 15 is 0 Å². The zero-order valence-corrected chi connectivity index (χ0v) is 20.9. The number of rotatable bonds is 5. The van der Waals surface area contributed by atoms with Gasteiger partial charge in [-0.1, -0.05) is 65.7 Å². The summed E-state index contributed by atoms with van der Waals surface area (Å²) in [6, 6.07) is 22.5. The van der Waals surface area contributed by atoms with Crippen LogP contribution in [0.4, 0.5) is 0 Å². The second kappa shape index (κ2) is 9.04. The minimum atomic E-state index is -4.09. The third-order valence-electron chi connectivity index (χ3n) is 6.03. The first kappa shape index (κ1) is 23.4. The van der Waals surface area contributed by atoms with E-state index in [1.165, 1.54) is 6.07 Å². The molecule has 2 N–H and O–H groups in total. The summed E-state index contributed by atoms with van der Waals surface area (Å²) in [7, 11) is -4.09. The number of aromatic amines is 1. The van der Waals surface area contributed by atoms with Crippen LogP contribution in [0.1, 0.15) is 27.2 Å². The quantitative estimate of drug-likeness (QED) is 0.271. The monoisotopic (exact) mass is 522 g/mol. The first-order valence-electron chi connectivity index (χ1n) is 10.8. The van der Waals surface area contributed by atoms with Gasteiger partial charge in [0.1, 0.15) is 0 Å². The van der Waals surface area contributed by atoms with E-state index in [-0.39, 0.29) is 10.5 Å². The van der Waals surface area contributed by atoms with Crippen molar-refractivity contribution >= 4 is 60.8 Å². The summed E-state index contributed by atoms with van der Waals surface area (Å²) in [5.41, 5.74) is 3.89. The van der Waals surface area contributed by atoms with Gasteiger partial charge >= 0.3 is 0 Å². The topological polar surface area (TPSA) is 79.0 Å². The summed E-state index contributed by atoms with van der Waals surface area (Å²) in [5, 5.41) is 3.26. The summed E-state index contributed by atoms with van der Waals surface area (Å²) >= 11 is 12.4. The number of hydrogen-bond donors (Lipinski definition) is 2. The van der Waals surface area contributed by atoms with Crippen molar-refractivity contribution in [3.63, 3.8) is 0 Å².